The first kappa shape index (κ1) is 23.0. The van der Waals surface area contributed by atoms with E-state index in [4.69, 9.17) is 9.16 Å². The molecule has 1 aliphatic carbocycles. The molecule has 31 heavy (non-hydrogen) atoms. The molecule has 2 aliphatic rings. The molecule has 1 saturated heterocycles. The molecular formula is C23H34BrN3O3Si. The maximum atomic E-state index is 13.6. The van der Waals surface area contributed by atoms with E-state index in [1.807, 2.05) is 15.2 Å². The highest BCUT2D eigenvalue weighted by molar-refractivity contribution is 9.10. The predicted octanol–water partition coefficient (Wildman–Crippen LogP) is 5.41. The van der Waals surface area contributed by atoms with E-state index >= 15 is 0 Å². The lowest BCUT2D eigenvalue weighted by molar-refractivity contribution is 0.122. The van der Waals surface area contributed by atoms with Crippen LogP contribution >= 0.6 is 15.9 Å². The fourth-order valence-corrected chi connectivity index (χ4v) is 5.93. The molecule has 8 heteroatoms. The first-order valence-electron chi connectivity index (χ1n) is 11.3. The number of nitrogens with zero attached hydrogens (tertiary/aromatic N) is 3. The predicted molar refractivity (Wildman–Crippen MR) is 131 cm³/mol. The lowest BCUT2D eigenvalue weighted by atomic mass is 10.0. The molecule has 0 saturated carbocycles. The highest BCUT2D eigenvalue weighted by Gasteiger charge is 2.42. The van der Waals surface area contributed by atoms with Gasteiger partial charge in [-0.2, -0.15) is 0 Å². The van der Waals surface area contributed by atoms with E-state index in [1.165, 1.54) is 6.42 Å². The normalized spacial score (nSPS) is 22.8. The van der Waals surface area contributed by atoms with Crippen LogP contribution in [0.3, 0.4) is 0 Å². The van der Waals surface area contributed by atoms with Crippen molar-refractivity contribution in [3.8, 4) is 0 Å². The van der Waals surface area contributed by atoms with Crippen LogP contribution in [-0.2, 0) is 15.7 Å². The molecule has 0 unspecified atom stereocenters. The topological polar surface area (TPSA) is 58.3 Å². The summed E-state index contributed by atoms with van der Waals surface area (Å²) < 4.78 is 17.1. The molecule has 2 aromatic heterocycles. The van der Waals surface area contributed by atoms with Gasteiger partial charge in [0.15, 0.2) is 14.0 Å². The number of fused-ring (bicyclic) bond motifs is 1. The van der Waals surface area contributed by atoms with E-state index in [-0.39, 0.29) is 22.7 Å². The Labute approximate surface area is 193 Å². The molecule has 3 heterocycles. The molecular weight excluding hydrogens is 474 g/mol. The van der Waals surface area contributed by atoms with E-state index < -0.39 is 8.32 Å². The summed E-state index contributed by atoms with van der Waals surface area (Å²) in [7, 11) is -1.93. The molecule has 0 aromatic carbocycles. The van der Waals surface area contributed by atoms with Gasteiger partial charge in [-0.15, -0.1) is 0 Å². The summed E-state index contributed by atoms with van der Waals surface area (Å²) in [6, 6.07) is 2.00. The second kappa shape index (κ2) is 8.61. The number of ether oxygens (including phenoxy) is 1. The molecule has 1 aliphatic heterocycles. The van der Waals surface area contributed by atoms with Crippen LogP contribution in [0.1, 0.15) is 46.5 Å². The van der Waals surface area contributed by atoms with Crippen LogP contribution in [-0.4, -0.2) is 41.8 Å². The summed E-state index contributed by atoms with van der Waals surface area (Å²) in [4.78, 5) is 18.2. The quantitative estimate of drug-likeness (QED) is 0.507. The van der Waals surface area contributed by atoms with Gasteiger partial charge in [-0.25, -0.2) is 14.3 Å². The van der Waals surface area contributed by atoms with Gasteiger partial charge in [-0.05, 0) is 65.8 Å². The van der Waals surface area contributed by atoms with E-state index in [9.17, 15) is 4.79 Å². The zero-order chi connectivity index (χ0) is 22.4. The Hall–Kier alpha value is -1.22. The van der Waals surface area contributed by atoms with Gasteiger partial charge in [0.25, 0.3) is 0 Å². The van der Waals surface area contributed by atoms with Gasteiger partial charge in [-0.3, -0.25) is 4.57 Å². The number of imidazole rings is 1. The van der Waals surface area contributed by atoms with Crippen molar-refractivity contribution in [2.24, 2.45) is 5.92 Å². The minimum absolute atomic E-state index is 0.00766. The fourth-order valence-electron chi connectivity index (χ4n) is 4.24. The van der Waals surface area contributed by atoms with Crippen molar-refractivity contribution < 1.29 is 9.16 Å². The zero-order valence-corrected chi connectivity index (χ0v) is 21.9. The average molecular weight is 509 g/mol. The maximum absolute atomic E-state index is 13.6. The minimum Gasteiger partial charge on any atom is -0.411 e. The number of halogens is 1. The van der Waals surface area contributed by atoms with Gasteiger partial charge in [0.1, 0.15) is 0 Å². The number of aromatic nitrogens is 3. The summed E-state index contributed by atoms with van der Waals surface area (Å²) in [6.45, 7) is 13.1. The van der Waals surface area contributed by atoms with Gasteiger partial charge in [0, 0.05) is 28.8 Å². The van der Waals surface area contributed by atoms with Crippen LogP contribution in [0.15, 0.2) is 27.6 Å². The van der Waals surface area contributed by atoms with Gasteiger partial charge in [-0.1, -0.05) is 26.8 Å². The van der Waals surface area contributed by atoms with Crippen LogP contribution in [0.25, 0.3) is 16.9 Å². The number of allylic oxidation sites excluding steroid dienone is 2. The summed E-state index contributed by atoms with van der Waals surface area (Å²) in [5, 5.41) is 0.134. The highest BCUT2D eigenvalue weighted by Crippen LogP contribution is 2.39. The Morgan fingerprint density at radius 2 is 2.06 bits per heavy atom. The Bertz CT molecular complexity index is 1050. The third-order valence-corrected chi connectivity index (χ3v) is 12.0. The lowest BCUT2D eigenvalue weighted by Crippen LogP contribution is -2.46. The maximum Gasteiger partial charge on any atom is 0.334 e. The molecule has 0 radical (unpaired) electrons. The SMILES string of the molecule is CC(C)(C)[Si](C)(C)O[C@@H]1COC[C@H]1Cn1c(=O)n(C2=CCCCC2)c2ncc(Br)cc21. The molecule has 2 atom stereocenters. The summed E-state index contributed by atoms with van der Waals surface area (Å²) in [5.74, 6) is 0.144. The van der Waals surface area contributed by atoms with E-state index in [1.54, 1.807) is 6.20 Å². The molecule has 4 rings (SSSR count). The Morgan fingerprint density at radius 3 is 2.74 bits per heavy atom. The van der Waals surface area contributed by atoms with Crippen molar-refractivity contribution in [3.05, 3.63) is 33.3 Å². The van der Waals surface area contributed by atoms with Gasteiger partial charge < -0.3 is 9.16 Å². The van der Waals surface area contributed by atoms with Crippen LogP contribution in [0, 0.1) is 5.92 Å². The first-order chi connectivity index (χ1) is 14.6. The zero-order valence-electron chi connectivity index (χ0n) is 19.3. The lowest BCUT2D eigenvalue weighted by Gasteiger charge is -2.39. The summed E-state index contributed by atoms with van der Waals surface area (Å²) in [6.07, 6.45) is 8.21. The van der Waals surface area contributed by atoms with Crippen LogP contribution in [0.2, 0.25) is 18.1 Å². The second-order valence-electron chi connectivity index (χ2n) is 10.4. The number of hydrogen-bond donors (Lipinski definition) is 0. The molecule has 6 nitrogen and oxygen atoms in total. The first-order valence-corrected chi connectivity index (χ1v) is 15.0. The smallest absolute Gasteiger partial charge is 0.334 e. The van der Waals surface area contributed by atoms with Crippen molar-refractivity contribution in [2.75, 3.05) is 13.2 Å². The highest BCUT2D eigenvalue weighted by atomic mass is 79.9. The van der Waals surface area contributed by atoms with Gasteiger partial charge in [0.2, 0.25) is 0 Å². The summed E-state index contributed by atoms with van der Waals surface area (Å²) >= 11 is 3.54. The van der Waals surface area contributed by atoms with Crippen LogP contribution < -0.4 is 5.69 Å². The third kappa shape index (κ3) is 4.49. The molecule has 0 amide bonds. The van der Waals surface area contributed by atoms with Crippen molar-refractivity contribution >= 4 is 41.1 Å². The van der Waals surface area contributed by atoms with Crippen molar-refractivity contribution in [2.45, 2.75) is 77.2 Å². The van der Waals surface area contributed by atoms with E-state index in [0.29, 0.717) is 19.8 Å². The third-order valence-electron chi connectivity index (χ3n) is 7.10. The molecule has 1 fully saturated rings. The van der Waals surface area contributed by atoms with Crippen LogP contribution in [0.5, 0.6) is 0 Å². The van der Waals surface area contributed by atoms with E-state index in [0.717, 1.165) is 40.6 Å². The average Bonchev–Trinajstić information content (AvgIpc) is 3.24. The largest absolute Gasteiger partial charge is 0.411 e. The standard InChI is InChI=1S/C23H34BrN3O3Si/c1-23(2,3)31(4,5)30-20-15-29-14-16(20)13-26-19-11-17(24)12-25-21(19)27(22(26)28)18-9-7-6-8-10-18/h9,11-12,16,20H,6-8,10,13-15H2,1-5H3/t16-,20-/m1/s1. The Morgan fingerprint density at radius 1 is 1.29 bits per heavy atom. The van der Waals surface area contributed by atoms with Crippen molar-refractivity contribution in [3.63, 3.8) is 0 Å². The number of rotatable bonds is 5. The van der Waals surface area contributed by atoms with Crippen LogP contribution in [0.4, 0.5) is 0 Å². The molecule has 0 bridgehead atoms. The molecule has 170 valence electrons. The second-order valence-corrected chi connectivity index (χ2v) is 16.1. The fraction of sp³-hybridized carbons (Fsp3) is 0.652. The monoisotopic (exact) mass is 507 g/mol. The molecule has 0 N–H and O–H groups in total. The number of hydrogen-bond acceptors (Lipinski definition) is 4. The van der Waals surface area contributed by atoms with Gasteiger partial charge in [0.05, 0.1) is 24.8 Å². The summed E-state index contributed by atoms with van der Waals surface area (Å²) in [5.41, 5.74) is 2.67. The van der Waals surface area contributed by atoms with Crippen molar-refractivity contribution in [1.82, 2.24) is 14.1 Å². The van der Waals surface area contributed by atoms with E-state index in [2.05, 4.69) is 60.9 Å². The van der Waals surface area contributed by atoms with Gasteiger partial charge >= 0.3 is 5.69 Å². The molecule has 2 aromatic rings. The van der Waals surface area contributed by atoms with Crippen molar-refractivity contribution in [1.29, 1.82) is 0 Å². The Balaban J connectivity index is 1.70. The number of pyridine rings is 1. The Kier molecular flexibility index (Phi) is 6.38. The molecule has 0 spiro atoms. The minimum atomic E-state index is -1.93.